The van der Waals surface area contributed by atoms with E-state index < -0.39 is 0 Å². The molecule has 1 heterocycles. The predicted molar refractivity (Wildman–Crippen MR) is 115 cm³/mol. The van der Waals surface area contributed by atoms with Crippen LogP contribution >= 0.6 is 0 Å². The molecule has 4 nitrogen and oxygen atoms in total. The maximum absolute atomic E-state index is 12.6. The van der Waals surface area contributed by atoms with Gasteiger partial charge in [0, 0.05) is 17.2 Å². The van der Waals surface area contributed by atoms with E-state index >= 15 is 0 Å². The molecule has 0 unspecified atom stereocenters. The SMILES string of the molecule is CCc1cc2c(oc(=O)c3ccccc32)c(C[NH+](CC(C)C)CC(C)C)c1O. The second-order valence-electron chi connectivity index (χ2n) is 8.65. The second-order valence-corrected chi connectivity index (χ2v) is 8.65. The molecule has 0 radical (unpaired) electrons. The van der Waals surface area contributed by atoms with Crippen LogP contribution in [0.25, 0.3) is 21.7 Å². The van der Waals surface area contributed by atoms with Crippen LogP contribution in [0.3, 0.4) is 0 Å². The van der Waals surface area contributed by atoms with Crippen molar-refractivity contribution in [1.29, 1.82) is 0 Å². The van der Waals surface area contributed by atoms with Gasteiger partial charge in [0.15, 0.2) is 5.58 Å². The number of fused-ring (bicyclic) bond motifs is 3. The molecule has 0 atom stereocenters. The average Bonchev–Trinajstić information content (AvgIpc) is 2.63. The summed E-state index contributed by atoms with van der Waals surface area (Å²) in [6.07, 6.45) is 0.728. The Kier molecular flexibility index (Phi) is 6.09. The van der Waals surface area contributed by atoms with Crippen molar-refractivity contribution < 1.29 is 14.4 Å². The molecule has 0 aliphatic rings. The van der Waals surface area contributed by atoms with Gasteiger partial charge in [0.05, 0.1) is 24.0 Å². The van der Waals surface area contributed by atoms with E-state index in [4.69, 9.17) is 4.42 Å². The molecule has 3 rings (SSSR count). The highest BCUT2D eigenvalue weighted by Gasteiger charge is 2.22. The molecule has 0 aliphatic heterocycles. The zero-order valence-electron chi connectivity index (χ0n) is 17.6. The molecule has 28 heavy (non-hydrogen) atoms. The number of nitrogens with one attached hydrogen (secondary N) is 1. The molecule has 0 aliphatic carbocycles. The Hall–Kier alpha value is -2.33. The van der Waals surface area contributed by atoms with E-state index in [2.05, 4.69) is 27.7 Å². The van der Waals surface area contributed by atoms with Gasteiger partial charge >= 0.3 is 5.63 Å². The molecule has 0 saturated carbocycles. The summed E-state index contributed by atoms with van der Waals surface area (Å²) in [7, 11) is 0. The minimum absolute atomic E-state index is 0.276. The molecule has 1 aromatic heterocycles. The second kappa shape index (κ2) is 8.36. The summed E-state index contributed by atoms with van der Waals surface area (Å²) >= 11 is 0. The third kappa shape index (κ3) is 4.07. The van der Waals surface area contributed by atoms with Gasteiger partial charge < -0.3 is 14.4 Å². The monoisotopic (exact) mass is 382 g/mol. The van der Waals surface area contributed by atoms with Crippen LogP contribution in [0.4, 0.5) is 0 Å². The Labute approximate surface area is 166 Å². The lowest BCUT2D eigenvalue weighted by molar-refractivity contribution is -0.919. The van der Waals surface area contributed by atoms with Crippen molar-refractivity contribution in [1.82, 2.24) is 0 Å². The maximum atomic E-state index is 12.6. The molecule has 2 N–H and O–H groups in total. The topological polar surface area (TPSA) is 54.9 Å². The third-order valence-electron chi connectivity index (χ3n) is 5.26. The van der Waals surface area contributed by atoms with Crippen molar-refractivity contribution in [2.24, 2.45) is 11.8 Å². The number of aromatic hydroxyl groups is 1. The van der Waals surface area contributed by atoms with Gasteiger partial charge in [-0.3, -0.25) is 0 Å². The molecular formula is C24H32NO3+. The fraction of sp³-hybridized carbons (Fsp3) is 0.458. The first-order chi connectivity index (χ1) is 13.3. The van der Waals surface area contributed by atoms with Crippen LogP contribution in [0.1, 0.15) is 45.7 Å². The summed E-state index contributed by atoms with van der Waals surface area (Å²) in [6.45, 7) is 13.6. The van der Waals surface area contributed by atoms with Gasteiger partial charge in [0.25, 0.3) is 0 Å². The lowest BCUT2D eigenvalue weighted by Gasteiger charge is -2.24. The number of rotatable bonds is 7. The third-order valence-corrected chi connectivity index (χ3v) is 5.26. The number of hydrogen-bond acceptors (Lipinski definition) is 3. The van der Waals surface area contributed by atoms with E-state index in [0.717, 1.165) is 41.4 Å². The van der Waals surface area contributed by atoms with E-state index in [1.54, 1.807) is 6.07 Å². The lowest BCUT2D eigenvalue weighted by atomic mass is 9.98. The van der Waals surface area contributed by atoms with Crippen LogP contribution in [0.15, 0.2) is 39.5 Å². The van der Waals surface area contributed by atoms with E-state index in [1.807, 2.05) is 31.2 Å². The van der Waals surface area contributed by atoms with Gasteiger partial charge in [0.1, 0.15) is 12.3 Å². The van der Waals surface area contributed by atoms with Crippen LogP contribution in [0.2, 0.25) is 0 Å². The van der Waals surface area contributed by atoms with Crippen LogP contribution < -0.4 is 10.5 Å². The molecule has 3 aromatic rings. The lowest BCUT2D eigenvalue weighted by Crippen LogP contribution is -3.11. The smallest absolute Gasteiger partial charge is 0.344 e. The van der Waals surface area contributed by atoms with Crippen LogP contribution in [0.5, 0.6) is 5.75 Å². The standard InChI is InChI=1S/C24H31NO3/c1-6-17-11-20-18-9-7-8-10-19(18)24(27)28-23(20)21(22(17)26)14-25(12-15(2)3)13-16(4)5/h7-11,15-16,26H,6,12-14H2,1-5H3/p+1. The number of phenols is 1. The largest absolute Gasteiger partial charge is 0.507 e. The molecule has 150 valence electrons. The molecular weight excluding hydrogens is 350 g/mol. The summed E-state index contributed by atoms with van der Waals surface area (Å²) in [5.41, 5.74) is 1.84. The van der Waals surface area contributed by atoms with Crippen molar-refractivity contribution in [3.63, 3.8) is 0 Å². The number of benzene rings is 2. The van der Waals surface area contributed by atoms with Crippen molar-refractivity contribution in [3.05, 3.63) is 51.9 Å². The minimum Gasteiger partial charge on any atom is -0.507 e. The maximum Gasteiger partial charge on any atom is 0.344 e. The fourth-order valence-electron chi connectivity index (χ4n) is 4.20. The van der Waals surface area contributed by atoms with Gasteiger partial charge in [-0.15, -0.1) is 0 Å². The van der Waals surface area contributed by atoms with Gasteiger partial charge in [-0.2, -0.15) is 0 Å². The first-order valence-corrected chi connectivity index (χ1v) is 10.3. The van der Waals surface area contributed by atoms with Crippen LogP contribution in [-0.4, -0.2) is 18.2 Å². The Morgan fingerprint density at radius 1 is 1.00 bits per heavy atom. The normalized spacial score (nSPS) is 12.1. The highest BCUT2D eigenvalue weighted by atomic mass is 16.4. The molecule has 0 saturated heterocycles. The first kappa shape index (κ1) is 20.4. The zero-order chi connectivity index (χ0) is 20.4. The summed E-state index contributed by atoms with van der Waals surface area (Å²) in [5, 5.41) is 13.4. The molecule has 0 bridgehead atoms. The van der Waals surface area contributed by atoms with Crippen LogP contribution in [-0.2, 0) is 13.0 Å². The summed E-state index contributed by atoms with van der Waals surface area (Å²) in [6, 6.07) is 9.53. The average molecular weight is 383 g/mol. The van der Waals surface area contributed by atoms with Crippen molar-refractivity contribution >= 4 is 21.7 Å². The number of hydrogen-bond donors (Lipinski definition) is 2. The van der Waals surface area contributed by atoms with E-state index in [-0.39, 0.29) is 11.4 Å². The van der Waals surface area contributed by atoms with Gasteiger partial charge in [0.2, 0.25) is 0 Å². The number of quaternary nitrogens is 1. The van der Waals surface area contributed by atoms with E-state index in [1.165, 1.54) is 4.90 Å². The predicted octanol–water partition coefficient (Wildman–Crippen LogP) is 3.91. The Morgan fingerprint density at radius 3 is 2.18 bits per heavy atom. The quantitative estimate of drug-likeness (QED) is 0.481. The van der Waals surface area contributed by atoms with Crippen molar-refractivity contribution in [2.75, 3.05) is 13.1 Å². The van der Waals surface area contributed by atoms with Crippen LogP contribution in [0, 0.1) is 11.8 Å². The molecule has 0 amide bonds. The highest BCUT2D eigenvalue weighted by Crippen LogP contribution is 2.34. The van der Waals surface area contributed by atoms with Gasteiger partial charge in [-0.05, 0) is 29.5 Å². The van der Waals surface area contributed by atoms with Crippen molar-refractivity contribution in [2.45, 2.75) is 47.6 Å². The summed E-state index contributed by atoms with van der Waals surface area (Å²) in [4.78, 5) is 14.0. The zero-order valence-corrected chi connectivity index (χ0v) is 17.6. The Balaban J connectivity index is 2.25. The molecule has 0 fully saturated rings. The molecule has 4 heteroatoms. The summed E-state index contributed by atoms with van der Waals surface area (Å²) in [5.74, 6) is 1.37. The van der Waals surface area contributed by atoms with Gasteiger partial charge in [-0.1, -0.05) is 52.8 Å². The summed E-state index contributed by atoms with van der Waals surface area (Å²) < 4.78 is 5.77. The van der Waals surface area contributed by atoms with E-state index in [0.29, 0.717) is 29.3 Å². The van der Waals surface area contributed by atoms with Crippen molar-refractivity contribution in [3.8, 4) is 5.75 Å². The van der Waals surface area contributed by atoms with Gasteiger partial charge in [-0.25, -0.2) is 4.79 Å². The fourth-order valence-corrected chi connectivity index (χ4v) is 4.20. The highest BCUT2D eigenvalue weighted by molar-refractivity contribution is 6.06. The number of aryl methyl sites for hydroxylation is 1. The molecule has 0 spiro atoms. The number of phenolic OH excluding ortho intramolecular Hbond substituents is 1. The Bertz CT molecular complexity index is 1020. The first-order valence-electron chi connectivity index (χ1n) is 10.3. The molecule has 2 aromatic carbocycles. The minimum atomic E-state index is -0.345. The van der Waals surface area contributed by atoms with E-state index in [9.17, 15) is 9.90 Å². The Morgan fingerprint density at radius 2 is 1.61 bits per heavy atom.